The van der Waals surface area contributed by atoms with E-state index in [1.54, 1.807) is 42.6 Å². The Morgan fingerprint density at radius 1 is 1.07 bits per heavy atom. The van der Waals surface area contributed by atoms with Gasteiger partial charge in [0.25, 0.3) is 0 Å². The lowest BCUT2D eigenvalue weighted by atomic mass is 9.91. The number of piperazine rings is 1. The van der Waals surface area contributed by atoms with Crippen LogP contribution in [0.25, 0.3) is 0 Å². The molecule has 1 fully saturated rings. The van der Waals surface area contributed by atoms with Gasteiger partial charge in [-0.15, -0.1) is 0 Å². The van der Waals surface area contributed by atoms with E-state index in [0.717, 1.165) is 5.56 Å². The van der Waals surface area contributed by atoms with Crippen molar-refractivity contribution in [1.29, 1.82) is 0 Å². The largest absolute Gasteiger partial charge is 0.497 e. The van der Waals surface area contributed by atoms with E-state index in [2.05, 4.69) is 9.97 Å². The molecule has 8 heteroatoms. The molecular formula is C20H24N4O4. The van der Waals surface area contributed by atoms with Crippen molar-refractivity contribution in [2.75, 3.05) is 38.2 Å². The molecule has 0 bridgehead atoms. The molecule has 1 aliphatic rings. The number of carbonyl (C=O) groups is 2. The van der Waals surface area contributed by atoms with Crippen molar-refractivity contribution in [3.63, 3.8) is 0 Å². The molecule has 1 aliphatic heterocycles. The van der Waals surface area contributed by atoms with Crippen LogP contribution in [0.15, 0.2) is 42.7 Å². The number of amides is 1. The van der Waals surface area contributed by atoms with Crippen LogP contribution in [0, 0.1) is 0 Å². The van der Waals surface area contributed by atoms with Gasteiger partial charge in [0.2, 0.25) is 11.9 Å². The lowest BCUT2D eigenvalue weighted by molar-refractivity contribution is -0.138. The molecular weight excluding hydrogens is 360 g/mol. The molecule has 1 atom stereocenters. The van der Waals surface area contributed by atoms with Gasteiger partial charge in [-0.3, -0.25) is 9.59 Å². The second kappa shape index (κ2) is 9.16. The maximum Gasteiger partial charge on any atom is 0.303 e. The smallest absolute Gasteiger partial charge is 0.303 e. The van der Waals surface area contributed by atoms with Gasteiger partial charge in [0.05, 0.1) is 13.5 Å². The van der Waals surface area contributed by atoms with Gasteiger partial charge in [-0.25, -0.2) is 9.97 Å². The molecule has 1 saturated heterocycles. The number of methoxy groups -OCH3 is 1. The molecule has 2 aromatic rings. The van der Waals surface area contributed by atoms with Crippen molar-refractivity contribution in [1.82, 2.24) is 14.9 Å². The number of anilines is 1. The minimum absolute atomic E-state index is 0.0318. The number of aromatic nitrogens is 2. The van der Waals surface area contributed by atoms with E-state index in [0.29, 0.717) is 37.9 Å². The molecule has 0 radical (unpaired) electrons. The quantitative estimate of drug-likeness (QED) is 0.777. The van der Waals surface area contributed by atoms with Gasteiger partial charge in [0, 0.05) is 50.9 Å². The monoisotopic (exact) mass is 384 g/mol. The number of ether oxygens (including phenoxy) is 1. The Kier molecular flexibility index (Phi) is 6.41. The zero-order valence-electron chi connectivity index (χ0n) is 15.8. The zero-order chi connectivity index (χ0) is 19.9. The summed E-state index contributed by atoms with van der Waals surface area (Å²) in [6, 6.07) is 8.99. The highest BCUT2D eigenvalue weighted by atomic mass is 16.5. The highest BCUT2D eigenvalue weighted by molar-refractivity contribution is 5.79. The Balaban J connectivity index is 1.61. The summed E-state index contributed by atoms with van der Waals surface area (Å²) in [4.78, 5) is 36.4. The number of benzene rings is 1. The van der Waals surface area contributed by atoms with Crippen molar-refractivity contribution >= 4 is 17.8 Å². The summed E-state index contributed by atoms with van der Waals surface area (Å²) in [7, 11) is 1.58. The topological polar surface area (TPSA) is 95.9 Å². The van der Waals surface area contributed by atoms with Crippen LogP contribution in [0.3, 0.4) is 0 Å². The van der Waals surface area contributed by atoms with Crippen LogP contribution in [-0.4, -0.2) is 65.1 Å². The van der Waals surface area contributed by atoms with E-state index in [1.165, 1.54) is 0 Å². The summed E-state index contributed by atoms with van der Waals surface area (Å²) in [5, 5.41) is 9.26. The molecule has 1 aromatic carbocycles. The normalized spacial score (nSPS) is 15.2. The van der Waals surface area contributed by atoms with Gasteiger partial charge >= 0.3 is 5.97 Å². The Morgan fingerprint density at radius 3 is 2.29 bits per heavy atom. The van der Waals surface area contributed by atoms with E-state index in [4.69, 9.17) is 4.74 Å². The minimum atomic E-state index is -0.917. The Labute approximate surface area is 163 Å². The Hall–Kier alpha value is -3.16. The highest BCUT2D eigenvalue weighted by Gasteiger charge is 2.26. The Morgan fingerprint density at radius 2 is 1.71 bits per heavy atom. The fourth-order valence-corrected chi connectivity index (χ4v) is 3.34. The van der Waals surface area contributed by atoms with Crippen LogP contribution in [0.4, 0.5) is 5.95 Å². The van der Waals surface area contributed by atoms with Crippen LogP contribution in [0.2, 0.25) is 0 Å². The summed E-state index contributed by atoms with van der Waals surface area (Å²) in [6.45, 7) is 2.45. The first-order valence-electron chi connectivity index (χ1n) is 9.22. The molecule has 0 saturated carbocycles. The number of rotatable bonds is 7. The third-order valence-electron chi connectivity index (χ3n) is 4.90. The predicted octanol–water partition coefficient (Wildman–Crippen LogP) is 1.78. The van der Waals surface area contributed by atoms with Gasteiger partial charge < -0.3 is 19.6 Å². The zero-order valence-corrected chi connectivity index (χ0v) is 15.8. The molecule has 0 aliphatic carbocycles. The fourth-order valence-electron chi connectivity index (χ4n) is 3.34. The third kappa shape index (κ3) is 4.97. The van der Waals surface area contributed by atoms with E-state index in [1.807, 2.05) is 17.0 Å². The number of hydrogen-bond acceptors (Lipinski definition) is 6. The molecule has 8 nitrogen and oxygen atoms in total. The van der Waals surface area contributed by atoms with Crippen LogP contribution < -0.4 is 9.64 Å². The molecule has 1 amide bonds. The SMILES string of the molecule is COc1ccc([C@H](CC(=O)O)CC(=O)N2CCN(c3ncccn3)CC2)cc1. The van der Waals surface area contributed by atoms with Gasteiger partial charge in [-0.1, -0.05) is 12.1 Å². The van der Waals surface area contributed by atoms with Gasteiger partial charge in [-0.2, -0.15) is 0 Å². The van der Waals surface area contributed by atoms with Gasteiger partial charge in [0.1, 0.15) is 5.75 Å². The average Bonchev–Trinajstić information content (AvgIpc) is 2.74. The average molecular weight is 384 g/mol. The number of hydrogen-bond donors (Lipinski definition) is 1. The summed E-state index contributed by atoms with van der Waals surface area (Å²) >= 11 is 0. The molecule has 28 heavy (non-hydrogen) atoms. The molecule has 0 unspecified atom stereocenters. The number of carboxylic acid groups (broad SMARTS) is 1. The first-order chi connectivity index (χ1) is 13.6. The number of carbonyl (C=O) groups excluding carboxylic acids is 1. The molecule has 3 rings (SSSR count). The lowest BCUT2D eigenvalue weighted by Gasteiger charge is -2.35. The third-order valence-corrected chi connectivity index (χ3v) is 4.90. The summed E-state index contributed by atoms with van der Waals surface area (Å²) in [5.74, 6) is 0.0433. The second-order valence-corrected chi connectivity index (χ2v) is 6.69. The van der Waals surface area contributed by atoms with Crippen molar-refractivity contribution in [3.8, 4) is 5.75 Å². The second-order valence-electron chi connectivity index (χ2n) is 6.69. The van der Waals surface area contributed by atoms with E-state index >= 15 is 0 Å². The molecule has 0 spiro atoms. The molecule has 148 valence electrons. The first kappa shape index (κ1) is 19.6. The first-order valence-corrected chi connectivity index (χ1v) is 9.22. The molecule has 1 N–H and O–H groups in total. The van der Waals surface area contributed by atoms with Crippen LogP contribution in [0.1, 0.15) is 24.3 Å². The standard InChI is InChI=1S/C20H24N4O4/c1-28-17-5-3-15(4-6-17)16(14-19(26)27)13-18(25)23-9-11-24(12-10-23)20-21-7-2-8-22-20/h2-8,16H,9-14H2,1H3,(H,26,27)/t16-/m0/s1. The number of aliphatic carboxylic acids is 1. The van der Waals surface area contributed by atoms with Crippen molar-refractivity contribution < 1.29 is 19.4 Å². The summed E-state index contributed by atoms with van der Waals surface area (Å²) < 4.78 is 5.15. The van der Waals surface area contributed by atoms with Crippen LogP contribution >= 0.6 is 0 Å². The van der Waals surface area contributed by atoms with Crippen molar-refractivity contribution in [2.24, 2.45) is 0 Å². The van der Waals surface area contributed by atoms with Crippen molar-refractivity contribution in [3.05, 3.63) is 48.3 Å². The summed E-state index contributed by atoms with van der Waals surface area (Å²) in [6.07, 6.45) is 3.48. The van der Waals surface area contributed by atoms with Crippen LogP contribution in [-0.2, 0) is 9.59 Å². The van der Waals surface area contributed by atoms with Gasteiger partial charge in [-0.05, 0) is 23.8 Å². The predicted molar refractivity (Wildman–Crippen MR) is 103 cm³/mol. The minimum Gasteiger partial charge on any atom is -0.497 e. The summed E-state index contributed by atoms with van der Waals surface area (Å²) in [5.41, 5.74) is 0.827. The fraction of sp³-hybridized carbons (Fsp3) is 0.400. The van der Waals surface area contributed by atoms with E-state index in [9.17, 15) is 14.7 Å². The number of nitrogens with zero attached hydrogens (tertiary/aromatic N) is 4. The molecule has 2 heterocycles. The van der Waals surface area contributed by atoms with Crippen molar-refractivity contribution in [2.45, 2.75) is 18.8 Å². The van der Waals surface area contributed by atoms with E-state index in [-0.39, 0.29) is 24.7 Å². The lowest BCUT2D eigenvalue weighted by Crippen LogP contribution is -2.49. The van der Waals surface area contributed by atoms with Crippen LogP contribution in [0.5, 0.6) is 5.75 Å². The molecule has 1 aromatic heterocycles. The maximum absolute atomic E-state index is 12.8. The van der Waals surface area contributed by atoms with Gasteiger partial charge in [0.15, 0.2) is 0 Å². The highest BCUT2D eigenvalue weighted by Crippen LogP contribution is 2.27. The number of carboxylic acids is 1. The van der Waals surface area contributed by atoms with E-state index < -0.39 is 5.97 Å². The maximum atomic E-state index is 12.8. The Bertz CT molecular complexity index is 790.